The molecule has 3 rings (SSSR count). The summed E-state index contributed by atoms with van der Waals surface area (Å²) in [7, 11) is 1.50. The summed E-state index contributed by atoms with van der Waals surface area (Å²) in [6.07, 6.45) is -5.88. The minimum absolute atomic E-state index is 0.0255. The molecular formula is C18H14F5N3OS. The van der Waals surface area contributed by atoms with E-state index in [1.54, 1.807) is 24.3 Å². The number of nitrogens with zero attached hydrogens (tertiary/aromatic N) is 2. The molecule has 3 aromatic rings. The lowest BCUT2D eigenvalue weighted by Crippen LogP contribution is -2.19. The molecule has 0 fully saturated rings. The summed E-state index contributed by atoms with van der Waals surface area (Å²) in [5.41, 5.74) is 0.0763. The Hall–Kier alpha value is -2.75. The lowest BCUT2D eigenvalue weighted by Gasteiger charge is -2.13. The van der Waals surface area contributed by atoms with E-state index >= 15 is 0 Å². The number of anilines is 1. The molecule has 0 saturated carbocycles. The van der Waals surface area contributed by atoms with Crippen LogP contribution in [0.2, 0.25) is 0 Å². The first-order valence-electron chi connectivity index (χ1n) is 7.99. The van der Waals surface area contributed by atoms with Crippen LogP contribution in [0.15, 0.2) is 42.6 Å². The van der Waals surface area contributed by atoms with Gasteiger partial charge in [0.1, 0.15) is 16.4 Å². The van der Waals surface area contributed by atoms with Crippen LogP contribution in [-0.2, 0) is 7.05 Å². The van der Waals surface area contributed by atoms with Crippen molar-refractivity contribution in [1.82, 2.24) is 9.78 Å². The summed E-state index contributed by atoms with van der Waals surface area (Å²) in [5.74, 6) is 0.0274. The maximum Gasteiger partial charge on any atom is 0.422 e. The summed E-state index contributed by atoms with van der Waals surface area (Å²) >= 11 is 5.24. The van der Waals surface area contributed by atoms with E-state index in [1.165, 1.54) is 30.1 Å². The van der Waals surface area contributed by atoms with Crippen molar-refractivity contribution in [3.05, 3.63) is 53.9 Å². The van der Waals surface area contributed by atoms with Crippen molar-refractivity contribution in [3.63, 3.8) is 0 Å². The number of hydrogen-bond acceptors (Lipinski definition) is 3. The molecule has 10 heteroatoms. The van der Waals surface area contributed by atoms with Crippen molar-refractivity contribution in [1.29, 1.82) is 0 Å². The molecule has 0 saturated heterocycles. The maximum atomic E-state index is 13.2. The van der Waals surface area contributed by atoms with Crippen LogP contribution in [0.4, 0.5) is 27.6 Å². The van der Waals surface area contributed by atoms with Crippen LogP contribution in [-0.4, -0.2) is 27.6 Å². The number of thiocarbonyl (C=S) groups is 1. The third kappa shape index (κ3) is 4.56. The van der Waals surface area contributed by atoms with Gasteiger partial charge in [0.15, 0.2) is 6.61 Å². The second-order valence-electron chi connectivity index (χ2n) is 5.95. The van der Waals surface area contributed by atoms with Gasteiger partial charge in [0, 0.05) is 24.3 Å². The van der Waals surface area contributed by atoms with Gasteiger partial charge in [-0.15, -0.1) is 0 Å². The van der Waals surface area contributed by atoms with Crippen molar-refractivity contribution in [3.8, 4) is 5.75 Å². The van der Waals surface area contributed by atoms with Crippen LogP contribution in [0.1, 0.15) is 17.7 Å². The zero-order valence-corrected chi connectivity index (χ0v) is 15.2. The molecule has 28 heavy (non-hydrogen) atoms. The van der Waals surface area contributed by atoms with Crippen LogP contribution in [0.25, 0.3) is 10.8 Å². The molecule has 1 aromatic heterocycles. The Bertz CT molecular complexity index is 1020. The number of ether oxygens (including phenoxy) is 1. The Morgan fingerprint density at radius 2 is 2.00 bits per heavy atom. The largest absolute Gasteiger partial charge is 0.484 e. The molecular weight excluding hydrogens is 401 g/mol. The third-order valence-corrected chi connectivity index (χ3v) is 4.13. The van der Waals surface area contributed by atoms with E-state index in [1.807, 2.05) is 0 Å². The third-order valence-electron chi connectivity index (χ3n) is 3.81. The van der Waals surface area contributed by atoms with Crippen LogP contribution in [0, 0.1) is 0 Å². The smallest absolute Gasteiger partial charge is 0.422 e. The lowest BCUT2D eigenvalue weighted by atomic mass is 10.1. The molecule has 0 atom stereocenters. The van der Waals surface area contributed by atoms with Crippen molar-refractivity contribution in [2.45, 2.75) is 12.6 Å². The van der Waals surface area contributed by atoms with Crippen LogP contribution < -0.4 is 10.1 Å². The first-order valence-corrected chi connectivity index (χ1v) is 8.40. The molecule has 0 bridgehead atoms. The number of aromatic nitrogens is 2. The number of alkyl halides is 5. The van der Waals surface area contributed by atoms with Crippen LogP contribution in [0.5, 0.6) is 5.75 Å². The monoisotopic (exact) mass is 415 g/mol. The SMILES string of the molecule is Cn1cc(C(=S)Nc2cccc3ccc(OCC(F)(F)F)cc23)c(C(F)F)n1. The molecule has 1 N–H and O–H groups in total. The zero-order valence-electron chi connectivity index (χ0n) is 14.4. The van der Waals surface area contributed by atoms with Gasteiger partial charge in [-0.1, -0.05) is 30.4 Å². The van der Waals surface area contributed by atoms with E-state index in [-0.39, 0.29) is 16.3 Å². The van der Waals surface area contributed by atoms with Gasteiger partial charge in [-0.2, -0.15) is 18.3 Å². The molecule has 0 radical (unpaired) electrons. The topological polar surface area (TPSA) is 39.1 Å². The van der Waals surface area contributed by atoms with Crippen molar-refractivity contribution >= 4 is 33.7 Å². The summed E-state index contributed by atoms with van der Waals surface area (Å²) < 4.78 is 69.4. The van der Waals surface area contributed by atoms with Gasteiger partial charge in [-0.3, -0.25) is 4.68 Å². The maximum absolute atomic E-state index is 13.2. The average Bonchev–Trinajstić information content (AvgIpc) is 3.02. The fourth-order valence-corrected chi connectivity index (χ4v) is 2.91. The number of nitrogens with one attached hydrogen (secondary N) is 1. The second-order valence-corrected chi connectivity index (χ2v) is 6.36. The van der Waals surface area contributed by atoms with Gasteiger partial charge in [0.05, 0.1) is 5.56 Å². The number of hydrogen-bond donors (Lipinski definition) is 1. The number of benzene rings is 2. The van der Waals surface area contributed by atoms with Gasteiger partial charge in [0.2, 0.25) is 0 Å². The number of rotatable bonds is 5. The molecule has 2 aromatic carbocycles. The molecule has 0 unspecified atom stereocenters. The van der Waals surface area contributed by atoms with Crippen molar-refractivity contribution in [2.75, 3.05) is 11.9 Å². The fraction of sp³-hybridized carbons (Fsp3) is 0.222. The predicted molar refractivity (Wildman–Crippen MR) is 99.0 cm³/mol. The minimum Gasteiger partial charge on any atom is -0.484 e. The zero-order chi connectivity index (χ0) is 20.5. The van der Waals surface area contributed by atoms with Gasteiger partial charge in [0.25, 0.3) is 6.43 Å². The lowest BCUT2D eigenvalue weighted by molar-refractivity contribution is -0.153. The molecule has 0 aliphatic carbocycles. The van der Waals surface area contributed by atoms with Crippen LogP contribution in [0.3, 0.4) is 0 Å². The van der Waals surface area contributed by atoms with Crippen molar-refractivity contribution < 1.29 is 26.7 Å². The Balaban J connectivity index is 1.91. The molecule has 0 spiro atoms. The highest BCUT2D eigenvalue weighted by Crippen LogP contribution is 2.30. The standard InChI is InChI=1S/C18H14F5N3OS/c1-26-8-13(15(25-26)16(19)20)17(28)24-14-4-2-3-10-5-6-11(7-12(10)14)27-9-18(21,22)23/h2-8,16H,9H2,1H3,(H,24,28). The number of aryl methyl sites for hydroxylation is 1. The molecule has 0 amide bonds. The van der Waals surface area contributed by atoms with Gasteiger partial charge in [-0.05, 0) is 23.6 Å². The quantitative estimate of drug-likeness (QED) is 0.457. The molecule has 0 aliphatic heterocycles. The molecule has 148 valence electrons. The summed E-state index contributed by atoms with van der Waals surface area (Å²) in [4.78, 5) is 0.0255. The van der Waals surface area contributed by atoms with Crippen LogP contribution >= 0.6 is 12.2 Å². The summed E-state index contributed by atoms with van der Waals surface area (Å²) in [6, 6.07) is 9.56. The van der Waals surface area contributed by atoms with E-state index in [9.17, 15) is 22.0 Å². The number of halogens is 5. The van der Waals surface area contributed by atoms with E-state index in [0.717, 1.165) is 0 Å². The normalized spacial score (nSPS) is 11.8. The first-order chi connectivity index (χ1) is 13.1. The Morgan fingerprint density at radius 3 is 2.68 bits per heavy atom. The van der Waals surface area contributed by atoms with E-state index in [2.05, 4.69) is 10.4 Å². The average molecular weight is 415 g/mol. The Kier molecular flexibility index (Phi) is 5.50. The van der Waals surface area contributed by atoms with E-state index in [4.69, 9.17) is 17.0 Å². The highest BCUT2D eigenvalue weighted by molar-refractivity contribution is 7.81. The summed E-state index contributed by atoms with van der Waals surface area (Å²) in [6.45, 7) is -1.42. The van der Waals surface area contributed by atoms with E-state index < -0.39 is 24.9 Å². The van der Waals surface area contributed by atoms with Gasteiger partial charge < -0.3 is 10.1 Å². The minimum atomic E-state index is -4.46. The summed E-state index contributed by atoms with van der Waals surface area (Å²) in [5, 5.41) is 7.84. The molecule has 4 nitrogen and oxygen atoms in total. The second kappa shape index (κ2) is 7.70. The first kappa shape index (κ1) is 20.0. The fourth-order valence-electron chi connectivity index (χ4n) is 2.65. The van der Waals surface area contributed by atoms with Gasteiger partial charge in [-0.25, -0.2) is 8.78 Å². The molecule has 0 aliphatic rings. The van der Waals surface area contributed by atoms with Crippen molar-refractivity contribution in [2.24, 2.45) is 7.05 Å². The highest BCUT2D eigenvalue weighted by atomic mass is 32.1. The highest BCUT2D eigenvalue weighted by Gasteiger charge is 2.28. The Morgan fingerprint density at radius 1 is 1.25 bits per heavy atom. The Labute approximate surface area is 161 Å². The molecule has 1 heterocycles. The predicted octanol–water partition coefficient (Wildman–Crippen LogP) is 5.24. The van der Waals surface area contributed by atoms with E-state index in [0.29, 0.717) is 16.5 Å². The van der Waals surface area contributed by atoms with Gasteiger partial charge >= 0.3 is 6.18 Å². The number of fused-ring (bicyclic) bond motifs is 1.